The number of hydrogen-bond acceptors (Lipinski definition) is 4. The molecule has 3 aromatic rings. The Hall–Kier alpha value is -3.21. The van der Waals surface area contributed by atoms with Gasteiger partial charge in [0.2, 0.25) is 5.41 Å². The van der Waals surface area contributed by atoms with E-state index >= 15 is 0 Å². The minimum Gasteiger partial charge on any atom is -0.497 e. The normalized spacial score (nSPS) is 12.6. The van der Waals surface area contributed by atoms with Crippen molar-refractivity contribution in [2.24, 2.45) is 0 Å². The fourth-order valence-corrected chi connectivity index (χ4v) is 3.76. The third-order valence-corrected chi connectivity index (χ3v) is 5.66. The van der Waals surface area contributed by atoms with Gasteiger partial charge in [0.05, 0.1) is 12.0 Å². The van der Waals surface area contributed by atoms with Crippen LogP contribution in [0.1, 0.15) is 11.1 Å². The highest BCUT2D eigenvalue weighted by Gasteiger charge is 2.72. The van der Waals surface area contributed by atoms with Gasteiger partial charge >= 0.3 is 12.4 Å². The first-order valence-electron chi connectivity index (χ1n) is 9.21. The summed E-state index contributed by atoms with van der Waals surface area (Å²) in [4.78, 5) is 0.0207. The molecule has 0 aliphatic rings. The fraction of sp³-hybridized carbons (Fsp3) is 0.182. The third kappa shape index (κ3) is 4.63. The van der Waals surface area contributed by atoms with E-state index in [9.17, 15) is 34.8 Å². The van der Waals surface area contributed by atoms with E-state index in [4.69, 9.17) is 9.47 Å². The van der Waals surface area contributed by atoms with Gasteiger partial charge in [0, 0.05) is 0 Å². The highest BCUT2D eigenvalue weighted by molar-refractivity contribution is 7.72. The van der Waals surface area contributed by atoms with Crippen LogP contribution in [-0.4, -0.2) is 27.9 Å². The van der Waals surface area contributed by atoms with E-state index in [1.165, 1.54) is 31.4 Å². The summed E-state index contributed by atoms with van der Waals surface area (Å²) >= 11 is 0. The molecule has 0 unspecified atom stereocenters. The van der Waals surface area contributed by atoms with E-state index in [-0.39, 0.29) is 22.1 Å². The van der Waals surface area contributed by atoms with Crippen molar-refractivity contribution in [2.45, 2.75) is 22.7 Å². The van der Waals surface area contributed by atoms with E-state index in [0.717, 1.165) is 36.4 Å². The number of hydrogen-bond donors (Lipinski definition) is 1. The van der Waals surface area contributed by atoms with E-state index in [0.29, 0.717) is 12.1 Å². The van der Waals surface area contributed by atoms with Crippen LogP contribution in [0.4, 0.5) is 26.3 Å². The maximum Gasteiger partial charge on any atom is 0.411 e. The van der Waals surface area contributed by atoms with Crippen molar-refractivity contribution in [3.63, 3.8) is 0 Å². The molecule has 0 spiro atoms. The summed E-state index contributed by atoms with van der Waals surface area (Å²) in [5.74, 6) is 0.218. The van der Waals surface area contributed by atoms with Crippen LogP contribution in [0, 0.1) is 0 Å². The number of methoxy groups -OCH3 is 1. The molecule has 3 rings (SSSR count). The Kier molecular flexibility index (Phi) is 6.64. The molecule has 3 aromatic carbocycles. The minimum atomic E-state index is -5.72. The van der Waals surface area contributed by atoms with Crippen molar-refractivity contribution in [1.82, 2.24) is 0 Å². The summed E-state index contributed by atoms with van der Waals surface area (Å²) in [6.45, 7) is 0. The first-order valence-corrected chi connectivity index (χ1v) is 10.4. The second kappa shape index (κ2) is 8.97. The summed E-state index contributed by atoms with van der Waals surface area (Å²) in [6, 6.07) is 12.0. The summed E-state index contributed by atoms with van der Waals surface area (Å²) in [5, 5.41) is 0. The van der Waals surface area contributed by atoms with Gasteiger partial charge in [-0.3, -0.25) is 0 Å². The van der Waals surface area contributed by atoms with Gasteiger partial charge in [-0.05, 0) is 59.7 Å². The SMILES string of the molecule is COc1ccc(C(c2ccc(Oc3ccc([SH](=O)=O)cc3)cc2)(C(F)(F)F)C(F)(F)F)cc1. The van der Waals surface area contributed by atoms with Crippen molar-refractivity contribution in [3.8, 4) is 17.2 Å². The van der Waals surface area contributed by atoms with Crippen LogP contribution < -0.4 is 9.47 Å². The van der Waals surface area contributed by atoms with Crippen molar-refractivity contribution in [1.29, 1.82) is 0 Å². The van der Waals surface area contributed by atoms with Gasteiger partial charge in [0.25, 0.3) is 0 Å². The lowest BCUT2D eigenvalue weighted by atomic mass is 9.73. The Labute approximate surface area is 186 Å². The molecule has 11 heteroatoms. The molecule has 4 nitrogen and oxygen atoms in total. The van der Waals surface area contributed by atoms with Crippen molar-refractivity contribution >= 4 is 10.7 Å². The summed E-state index contributed by atoms with van der Waals surface area (Å²) in [6.07, 6.45) is -11.4. The number of thiol groups is 1. The smallest absolute Gasteiger partial charge is 0.411 e. The molecular weight excluding hydrogens is 474 g/mol. The van der Waals surface area contributed by atoms with Crippen LogP contribution in [0.25, 0.3) is 0 Å². The topological polar surface area (TPSA) is 52.6 Å². The van der Waals surface area contributed by atoms with Crippen LogP contribution in [0.5, 0.6) is 17.2 Å². The standard InChI is InChI=1S/C22H16F6O4S/c1-31-16-6-2-14(3-7-16)20(21(23,24)25,22(26,27)28)15-4-8-17(9-5-15)32-18-10-12-19(13-11-18)33(29)30/h2-13,33H,1H3. The molecule has 0 atom stereocenters. The van der Waals surface area contributed by atoms with Crippen LogP contribution in [0.15, 0.2) is 77.7 Å². The van der Waals surface area contributed by atoms with Gasteiger partial charge in [0.15, 0.2) is 10.7 Å². The molecule has 0 saturated heterocycles. The molecule has 33 heavy (non-hydrogen) atoms. The van der Waals surface area contributed by atoms with Crippen LogP contribution in [0.3, 0.4) is 0 Å². The molecule has 0 heterocycles. The van der Waals surface area contributed by atoms with E-state index < -0.39 is 39.6 Å². The van der Waals surface area contributed by atoms with Crippen LogP contribution >= 0.6 is 0 Å². The number of benzene rings is 3. The van der Waals surface area contributed by atoms with Gasteiger partial charge in [0.1, 0.15) is 17.2 Å². The summed E-state index contributed by atoms with van der Waals surface area (Å²) in [5.41, 5.74) is -6.34. The lowest BCUT2D eigenvalue weighted by Gasteiger charge is -2.38. The van der Waals surface area contributed by atoms with E-state index in [1.54, 1.807) is 0 Å². The zero-order valence-electron chi connectivity index (χ0n) is 16.8. The van der Waals surface area contributed by atoms with E-state index in [2.05, 4.69) is 0 Å². The molecule has 0 radical (unpaired) electrons. The average molecular weight is 490 g/mol. The quantitative estimate of drug-likeness (QED) is 0.347. The number of halogens is 6. The molecule has 0 bridgehead atoms. The second-order valence-corrected chi connectivity index (χ2v) is 7.88. The molecule has 0 aromatic heterocycles. The molecular formula is C22H16F6O4S. The summed E-state index contributed by atoms with van der Waals surface area (Å²) in [7, 11) is -1.57. The zero-order valence-corrected chi connectivity index (χ0v) is 17.7. The fourth-order valence-electron chi connectivity index (χ4n) is 3.37. The molecule has 0 amide bonds. The van der Waals surface area contributed by atoms with Crippen LogP contribution in [-0.2, 0) is 16.1 Å². The first kappa shape index (κ1) is 24.4. The largest absolute Gasteiger partial charge is 0.497 e. The third-order valence-electron chi connectivity index (χ3n) is 4.94. The highest BCUT2D eigenvalue weighted by Crippen LogP contribution is 2.56. The lowest BCUT2D eigenvalue weighted by Crippen LogP contribution is -2.54. The summed E-state index contributed by atoms with van der Waals surface area (Å²) < 4.78 is 117. The number of ether oxygens (including phenoxy) is 2. The van der Waals surface area contributed by atoms with Crippen molar-refractivity contribution in [2.75, 3.05) is 7.11 Å². The molecule has 0 N–H and O–H groups in total. The molecule has 0 fully saturated rings. The zero-order chi connectivity index (χ0) is 24.4. The second-order valence-electron chi connectivity index (χ2n) is 6.85. The number of alkyl halides is 6. The van der Waals surface area contributed by atoms with Gasteiger partial charge in [-0.1, -0.05) is 24.3 Å². The predicted molar refractivity (Wildman–Crippen MR) is 107 cm³/mol. The van der Waals surface area contributed by atoms with Crippen molar-refractivity contribution < 1.29 is 44.2 Å². The average Bonchev–Trinajstić information content (AvgIpc) is 2.74. The maximum absolute atomic E-state index is 14.1. The molecule has 0 saturated carbocycles. The monoisotopic (exact) mass is 490 g/mol. The van der Waals surface area contributed by atoms with Crippen LogP contribution in [0.2, 0.25) is 0 Å². The molecule has 176 valence electrons. The predicted octanol–water partition coefficient (Wildman–Crippen LogP) is 5.87. The Balaban J connectivity index is 2.05. The van der Waals surface area contributed by atoms with Crippen molar-refractivity contribution in [3.05, 3.63) is 83.9 Å². The Morgan fingerprint density at radius 2 is 0.970 bits per heavy atom. The van der Waals surface area contributed by atoms with Gasteiger partial charge < -0.3 is 9.47 Å². The lowest BCUT2D eigenvalue weighted by molar-refractivity contribution is -0.288. The molecule has 0 aliphatic heterocycles. The van der Waals surface area contributed by atoms with E-state index in [1.807, 2.05) is 0 Å². The number of rotatable bonds is 6. The first-order chi connectivity index (χ1) is 15.4. The van der Waals surface area contributed by atoms with Gasteiger partial charge in [-0.2, -0.15) is 26.3 Å². The highest BCUT2D eigenvalue weighted by atomic mass is 32.2. The minimum absolute atomic E-state index is 0.0207. The molecule has 0 aliphatic carbocycles. The maximum atomic E-state index is 14.1. The Morgan fingerprint density at radius 3 is 1.30 bits per heavy atom. The van der Waals surface area contributed by atoms with Gasteiger partial charge in [-0.15, -0.1) is 0 Å². The van der Waals surface area contributed by atoms with Gasteiger partial charge in [-0.25, -0.2) is 8.42 Å². The Morgan fingerprint density at radius 1 is 0.606 bits per heavy atom. The Bertz CT molecular complexity index is 1140.